The van der Waals surface area contributed by atoms with Crippen molar-refractivity contribution in [2.45, 2.75) is 6.54 Å². The number of nitrogens with zero attached hydrogens (tertiary/aromatic N) is 3. The lowest BCUT2D eigenvalue weighted by Gasteiger charge is -2.18. The molecule has 0 bridgehead atoms. The van der Waals surface area contributed by atoms with E-state index in [0.717, 1.165) is 5.56 Å². The van der Waals surface area contributed by atoms with Gasteiger partial charge in [0.15, 0.2) is 0 Å². The predicted molar refractivity (Wildman–Crippen MR) is 73.9 cm³/mol. The highest BCUT2D eigenvalue weighted by atomic mass is 16.6. The first-order valence-corrected chi connectivity index (χ1v) is 5.74. The molecule has 0 spiro atoms. The predicted octanol–water partition coefficient (Wildman–Crippen LogP) is 2.21. The number of nitrogens with two attached hydrogens (primary N) is 1. The number of benzene rings is 1. The van der Waals surface area contributed by atoms with Crippen LogP contribution in [-0.2, 0) is 6.54 Å². The lowest BCUT2D eigenvalue weighted by atomic mass is 10.2. The summed E-state index contributed by atoms with van der Waals surface area (Å²) in [6.07, 6.45) is 0. The molecule has 0 atom stereocenters. The van der Waals surface area contributed by atoms with Crippen LogP contribution in [0.4, 0.5) is 17.3 Å². The molecular weight excluding hydrogens is 244 g/mol. The van der Waals surface area contributed by atoms with Crippen LogP contribution in [0.2, 0.25) is 0 Å². The van der Waals surface area contributed by atoms with E-state index in [2.05, 4.69) is 4.98 Å². The Kier molecular flexibility index (Phi) is 3.61. The highest BCUT2D eigenvalue weighted by molar-refractivity contribution is 5.60. The van der Waals surface area contributed by atoms with Crippen LogP contribution in [0.3, 0.4) is 0 Å². The summed E-state index contributed by atoms with van der Waals surface area (Å²) < 4.78 is 0. The Morgan fingerprint density at radius 2 is 1.95 bits per heavy atom. The van der Waals surface area contributed by atoms with E-state index in [1.54, 1.807) is 11.9 Å². The fourth-order valence-electron chi connectivity index (χ4n) is 1.81. The Morgan fingerprint density at radius 3 is 2.58 bits per heavy atom. The van der Waals surface area contributed by atoms with Crippen molar-refractivity contribution in [3.8, 4) is 0 Å². The largest absolute Gasteiger partial charge is 0.384 e. The first kappa shape index (κ1) is 12.8. The topological polar surface area (TPSA) is 85.3 Å². The maximum atomic E-state index is 11.0. The van der Waals surface area contributed by atoms with Crippen LogP contribution in [0.1, 0.15) is 5.56 Å². The van der Waals surface area contributed by atoms with Gasteiger partial charge in [0.1, 0.15) is 5.82 Å². The minimum Gasteiger partial charge on any atom is -0.384 e. The van der Waals surface area contributed by atoms with Gasteiger partial charge in [0.2, 0.25) is 5.82 Å². The van der Waals surface area contributed by atoms with Gasteiger partial charge in [-0.1, -0.05) is 30.3 Å². The van der Waals surface area contributed by atoms with Gasteiger partial charge >= 0.3 is 5.69 Å². The Labute approximate surface area is 110 Å². The van der Waals surface area contributed by atoms with E-state index < -0.39 is 4.92 Å². The quantitative estimate of drug-likeness (QED) is 0.671. The summed E-state index contributed by atoms with van der Waals surface area (Å²) in [5.74, 6) is 0.536. The molecule has 0 amide bonds. The lowest BCUT2D eigenvalue weighted by Crippen LogP contribution is -2.19. The number of rotatable bonds is 4. The fraction of sp³-hybridized carbons (Fsp3) is 0.154. The molecule has 0 saturated heterocycles. The molecule has 0 aliphatic carbocycles. The van der Waals surface area contributed by atoms with Crippen molar-refractivity contribution in [2.24, 2.45) is 0 Å². The van der Waals surface area contributed by atoms with Crippen LogP contribution >= 0.6 is 0 Å². The number of hydrogen-bond donors (Lipinski definition) is 1. The molecule has 1 aromatic heterocycles. The van der Waals surface area contributed by atoms with E-state index in [4.69, 9.17) is 5.73 Å². The second-order valence-corrected chi connectivity index (χ2v) is 4.18. The summed E-state index contributed by atoms with van der Waals surface area (Å²) in [6.45, 7) is 0.526. The molecule has 0 fully saturated rings. The molecular formula is C13H14N4O2. The first-order chi connectivity index (χ1) is 9.08. The van der Waals surface area contributed by atoms with Gasteiger partial charge in [-0.2, -0.15) is 0 Å². The van der Waals surface area contributed by atoms with Crippen molar-refractivity contribution in [2.75, 3.05) is 17.7 Å². The van der Waals surface area contributed by atoms with Crippen molar-refractivity contribution in [3.63, 3.8) is 0 Å². The second kappa shape index (κ2) is 5.34. The zero-order valence-electron chi connectivity index (χ0n) is 10.5. The molecule has 1 aromatic carbocycles. The summed E-state index contributed by atoms with van der Waals surface area (Å²) >= 11 is 0. The highest BCUT2D eigenvalue weighted by Crippen LogP contribution is 2.26. The maximum absolute atomic E-state index is 11.0. The van der Waals surface area contributed by atoms with Crippen molar-refractivity contribution in [1.29, 1.82) is 0 Å². The van der Waals surface area contributed by atoms with Gasteiger partial charge < -0.3 is 10.6 Å². The molecule has 0 aliphatic heterocycles. The van der Waals surface area contributed by atoms with Crippen molar-refractivity contribution in [3.05, 3.63) is 58.1 Å². The molecule has 2 aromatic rings. The summed E-state index contributed by atoms with van der Waals surface area (Å²) in [5.41, 5.74) is 6.59. The Morgan fingerprint density at radius 1 is 1.26 bits per heavy atom. The van der Waals surface area contributed by atoms with Gasteiger partial charge in [-0.25, -0.2) is 4.98 Å². The van der Waals surface area contributed by atoms with Gasteiger partial charge in [0.25, 0.3) is 0 Å². The van der Waals surface area contributed by atoms with Gasteiger partial charge in [0.05, 0.1) is 4.92 Å². The molecule has 0 unspecified atom stereocenters. The first-order valence-electron chi connectivity index (χ1n) is 5.74. The second-order valence-electron chi connectivity index (χ2n) is 4.18. The number of nitrogen functional groups attached to an aromatic ring is 1. The molecule has 0 saturated carbocycles. The monoisotopic (exact) mass is 258 g/mol. The molecule has 19 heavy (non-hydrogen) atoms. The summed E-state index contributed by atoms with van der Waals surface area (Å²) in [5, 5.41) is 11.0. The van der Waals surface area contributed by atoms with Gasteiger partial charge in [-0.3, -0.25) is 10.1 Å². The van der Waals surface area contributed by atoms with Gasteiger partial charge in [-0.05, 0) is 11.6 Å². The number of anilines is 2. The van der Waals surface area contributed by atoms with E-state index in [9.17, 15) is 10.1 Å². The zero-order chi connectivity index (χ0) is 13.8. The molecule has 2 N–H and O–H groups in total. The highest BCUT2D eigenvalue weighted by Gasteiger charge is 2.19. The number of aromatic nitrogens is 1. The third kappa shape index (κ3) is 2.98. The molecule has 1 heterocycles. The van der Waals surface area contributed by atoms with E-state index in [0.29, 0.717) is 6.54 Å². The van der Waals surface area contributed by atoms with Crippen LogP contribution in [0, 0.1) is 10.1 Å². The Balaban J connectivity index is 2.30. The molecule has 6 nitrogen and oxygen atoms in total. The van der Waals surface area contributed by atoms with Crippen molar-refractivity contribution < 1.29 is 4.92 Å². The van der Waals surface area contributed by atoms with E-state index in [-0.39, 0.29) is 17.3 Å². The Bertz CT molecular complexity index is 586. The standard InChI is InChI=1S/C13H14N4O2/c1-16(9-10-5-3-2-4-6-10)13-11(17(18)19)7-8-12(14)15-13/h2-8H,9H2,1H3,(H2,14,15). The molecule has 2 rings (SSSR count). The third-order valence-corrected chi connectivity index (χ3v) is 2.70. The van der Waals surface area contributed by atoms with Crippen molar-refractivity contribution >= 4 is 17.3 Å². The minimum atomic E-state index is -0.455. The van der Waals surface area contributed by atoms with Gasteiger partial charge in [-0.15, -0.1) is 0 Å². The molecule has 0 radical (unpaired) electrons. The molecule has 6 heteroatoms. The van der Waals surface area contributed by atoms with Crippen molar-refractivity contribution in [1.82, 2.24) is 4.98 Å². The number of pyridine rings is 1. The zero-order valence-corrected chi connectivity index (χ0v) is 10.5. The average molecular weight is 258 g/mol. The number of nitro groups is 1. The molecule has 0 aliphatic rings. The van der Waals surface area contributed by atoms with Crippen LogP contribution in [0.25, 0.3) is 0 Å². The smallest absolute Gasteiger partial charge is 0.311 e. The van der Waals surface area contributed by atoms with Crippen LogP contribution in [-0.4, -0.2) is 17.0 Å². The Hall–Kier alpha value is -2.63. The third-order valence-electron chi connectivity index (χ3n) is 2.70. The fourth-order valence-corrected chi connectivity index (χ4v) is 1.81. The summed E-state index contributed by atoms with van der Waals surface area (Å²) in [4.78, 5) is 16.3. The molecule has 98 valence electrons. The van der Waals surface area contributed by atoms with E-state index in [1.165, 1.54) is 12.1 Å². The van der Waals surface area contributed by atoms with E-state index in [1.807, 2.05) is 30.3 Å². The average Bonchev–Trinajstić information content (AvgIpc) is 2.39. The number of hydrogen-bond acceptors (Lipinski definition) is 5. The van der Waals surface area contributed by atoms with Crippen LogP contribution < -0.4 is 10.6 Å². The maximum Gasteiger partial charge on any atom is 0.311 e. The lowest BCUT2D eigenvalue weighted by molar-refractivity contribution is -0.384. The normalized spacial score (nSPS) is 10.2. The van der Waals surface area contributed by atoms with E-state index >= 15 is 0 Å². The van der Waals surface area contributed by atoms with Gasteiger partial charge in [0, 0.05) is 19.7 Å². The summed E-state index contributed by atoms with van der Waals surface area (Å²) in [6, 6.07) is 12.5. The minimum absolute atomic E-state index is 0.0485. The van der Waals surface area contributed by atoms with Crippen LogP contribution in [0.15, 0.2) is 42.5 Å². The SMILES string of the molecule is CN(Cc1ccccc1)c1nc(N)ccc1[N+](=O)[O-]. The van der Waals surface area contributed by atoms with Crippen LogP contribution in [0.5, 0.6) is 0 Å². The summed E-state index contributed by atoms with van der Waals surface area (Å²) in [7, 11) is 1.75.